The van der Waals surface area contributed by atoms with Crippen LogP contribution < -0.4 is 0 Å². The van der Waals surface area contributed by atoms with Gasteiger partial charge in [-0.05, 0) is 89.9 Å². The quantitative estimate of drug-likeness (QED) is 0.151. The lowest BCUT2D eigenvalue weighted by atomic mass is 9.86. The van der Waals surface area contributed by atoms with Gasteiger partial charge < -0.3 is 4.42 Å². The molecule has 0 saturated heterocycles. The Balaban J connectivity index is 0.866. The first-order chi connectivity index (χ1) is 31.0. The Bertz CT molecular complexity index is 3300. The van der Waals surface area contributed by atoms with E-state index in [0.29, 0.717) is 46.1 Å². The molecule has 0 saturated carbocycles. The van der Waals surface area contributed by atoms with Gasteiger partial charge in [-0.1, -0.05) is 121 Å². The molecule has 0 fully saturated rings. The summed E-state index contributed by atoms with van der Waals surface area (Å²) in [6.07, 6.45) is 5.06. The van der Waals surface area contributed by atoms with Crippen molar-refractivity contribution >= 4 is 17.0 Å². The number of hydrogen-bond acceptors (Lipinski definition) is 7. The maximum absolute atomic E-state index is 13.8. The van der Waals surface area contributed by atoms with Gasteiger partial charge in [-0.25, -0.2) is 38.7 Å². The molecule has 7 aromatic carbocycles. The maximum Gasteiger partial charge on any atom is 0.164 e. The summed E-state index contributed by atoms with van der Waals surface area (Å²) in [6.45, 7) is 0. The number of fused-ring (bicyclic) bond motifs is 3. The highest BCUT2D eigenvalue weighted by Crippen LogP contribution is 2.39. The average molecular weight is 821 g/mol. The number of halogens is 2. The van der Waals surface area contributed by atoms with Crippen LogP contribution in [0.3, 0.4) is 0 Å². The minimum atomic E-state index is -0.320. The molecule has 11 rings (SSSR count). The summed E-state index contributed by atoms with van der Waals surface area (Å²) in [5.74, 6) is 3.47. The molecule has 1 atom stereocenters. The summed E-state index contributed by atoms with van der Waals surface area (Å²) in [5.41, 5.74) is 10.1. The molecule has 0 radical (unpaired) electrons. The van der Waals surface area contributed by atoms with Crippen molar-refractivity contribution in [3.05, 3.63) is 211 Å². The van der Waals surface area contributed by atoms with Gasteiger partial charge >= 0.3 is 0 Å². The molecular formula is C54H34F2N6O. The van der Waals surface area contributed by atoms with E-state index in [1.54, 1.807) is 24.3 Å². The molecule has 9 heteroatoms. The minimum absolute atomic E-state index is 0.129. The van der Waals surface area contributed by atoms with E-state index in [9.17, 15) is 8.78 Å². The zero-order chi connectivity index (χ0) is 42.3. The van der Waals surface area contributed by atoms with Crippen molar-refractivity contribution in [2.75, 3.05) is 0 Å². The zero-order valence-corrected chi connectivity index (χ0v) is 33.5. The summed E-state index contributed by atoms with van der Waals surface area (Å²) in [6, 6.07) is 54.8. The molecular weight excluding hydrogens is 787 g/mol. The van der Waals surface area contributed by atoms with Gasteiger partial charge in [0.1, 0.15) is 23.0 Å². The van der Waals surface area contributed by atoms with Crippen LogP contribution in [-0.2, 0) is 6.42 Å². The van der Waals surface area contributed by atoms with Gasteiger partial charge in [-0.15, -0.1) is 0 Å². The molecule has 3 heterocycles. The molecule has 1 aliphatic rings. The summed E-state index contributed by atoms with van der Waals surface area (Å²) >= 11 is 0. The maximum atomic E-state index is 13.8. The van der Waals surface area contributed by atoms with Crippen molar-refractivity contribution < 1.29 is 13.2 Å². The highest BCUT2D eigenvalue weighted by Gasteiger charge is 2.23. The Hall–Kier alpha value is -8.30. The van der Waals surface area contributed by atoms with Crippen LogP contribution in [0.4, 0.5) is 8.78 Å². The van der Waals surface area contributed by atoms with E-state index in [1.165, 1.54) is 29.8 Å². The van der Waals surface area contributed by atoms with Crippen LogP contribution in [0, 0.1) is 11.6 Å². The fourth-order valence-electron chi connectivity index (χ4n) is 8.00. The lowest BCUT2D eigenvalue weighted by Crippen LogP contribution is -2.05. The number of benzene rings is 7. The van der Waals surface area contributed by atoms with E-state index in [1.807, 2.05) is 78.9 Å². The Kier molecular flexibility index (Phi) is 9.54. The van der Waals surface area contributed by atoms with Crippen LogP contribution in [0.5, 0.6) is 0 Å². The number of aromatic nitrogens is 6. The second-order valence-corrected chi connectivity index (χ2v) is 15.4. The third-order valence-corrected chi connectivity index (χ3v) is 11.3. The molecule has 3 aromatic heterocycles. The van der Waals surface area contributed by atoms with Crippen LogP contribution in [-0.4, -0.2) is 29.9 Å². The van der Waals surface area contributed by atoms with Crippen LogP contribution in [0.2, 0.25) is 0 Å². The second kappa shape index (κ2) is 15.9. The SMILES string of the molecule is Fc1ccc(-c2nc(-c3ccccc3)nc(-c3ccc(-c4ccc5oc6c(c5c4)CC(c4ccc(-c5nc(-c7ccccc7)nc(-c7ccc(F)cc7)n5)cc4)C=C6)cc3)n2)cc1. The number of allylic oxidation sites excluding steroid dienone is 1. The third kappa shape index (κ3) is 7.57. The van der Waals surface area contributed by atoms with E-state index in [0.717, 1.165) is 62.1 Å². The van der Waals surface area contributed by atoms with Gasteiger partial charge in [0, 0.05) is 50.2 Å². The monoisotopic (exact) mass is 820 g/mol. The first-order valence-electron chi connectivity index (χ1n) is 20.6. The van der Waals surface area contributed by atoms with Gasteiger partial charge in [0.25, 0.3) is 0 Å². The van der Waals surface area contributed by atoms with E-state index in [2.05, 4.69) is 60.7 Å². The van der Waals surface area contributed by atoms with Crippen molar-refractivity contribution in [3.63, 3.8) is 0 Å². The lowest BCUT2D eigenvalue weighted by molar-refractivity contribution is 0.591. The molecule has 7 nitrogen and oxygen atoms in total. The summed E-state index contributed by atoms with van der Waals surface area (Å²) < 4.78 is 34.0. The smallest absolute Gasteiger partial charge is 0.164 e. The predicted octanol–water partition coefficient (Wildman–Crippen LogP) is 13.1. The molecule has 0 aliphatic heterocycles. The normalized spacial score (nSPS) is 13.3. The first kappa shape index (κ1) is 37.7. The first-order valence-corrected chi connectivity index (χ1v) is 20.6. The fourth-order valence-corrected chi connectivity index (χ4v) is 8.00. The third-order valence-electron chi connectivity index (χ3n) is 11.3. The van der Waals surface area contributed by atoms with Crippen LogP contribution in [0.1, 0.15) is 22.8 Å². The summed E-state index contributed by atoms with van der Waals surface area (Å²) in [4.78, 5) is 28.8. The summed E-state index contributed by atoms with van der Waals surface area (Å²) in [5, 5.41) is 1.08. The molecule has 63 heavy (non-hydrogen) atoms. The van der Waals surface area contributed by atoms with Crippen molar-refractivity contribution in [1.82, 2.24) is 29.9 Å². The molecule has 0 spiro atoms. The van der Waals surface area contributed by atoms with Gasteiger partial charge in [-0.2, -0.15) is 0 Å². The Labute approximate surface area is 361 Å². The van der Waals surface area contributed by atoms with Gasteiger partial charge in [0.05, 0.1) is 0 Å². The van der Waals surface area contributed by atoms with Gasteiger partial charge in [-0.3, -0.25) is 0 Å². The summed E-state index contributed by atoms with van der Waals surface area (Å²) in [7, 11) is 0. The van der Waals surface area contributed by atoms with E-state index in [-0.39, 0.29) is 17.6 Å². The van der Waals surface area contributed by atoms with E-state index >= 15 is 0 Å². The largest absolute Gasteiger partial charge is 0.456 e. The molecule has 1 aliphatic carbocycles. The number of nitrogens with zero attached hydrogens (tertiary/aromatic N) is 6. The highest BCUT2D eigenvalue weighted by atomic mass is 19.1. The van der Waals surface area contributed by atoms with Crippen LogP contribution in [0.15, 0.2) is 186 Å². The van der Waals surface area contributed by atoms with E-state index < -0.39 is 0 Å². The molecule has 0 amide bonds. The Morgan fingerprint density at radius 1 is 0.397 bits per heavy atom. The average Bonchev–Trinajstić information content (AvgIpc) is 3.72. The highest BCUT2D eigenvalue weighted by molar-refractivity contribution is 5.90. The van der Waals surface area contributed by atoms with Gasteiger partial charge in [0.2, 0.25) is 0 Å². The lowest BCUT2D eigenvalue weighted by Gasteiger charge is -2.17. The number of hydrogen-bond donors (Lipinski definition) is 0. The predicted molar refractivity (Wildman–Crippen MR) is 243 cm³/mol. The van der Waals surface area contributed by atoms with Crippen molar-refractivity contribution in [1.29, 1.82) is 0 Å². The van der Waals surface area contributed by atoms with Crippen molar-refractivity contribution in [3.8, 4) is 79.5 Å². The Morgan fingerprint density at radius 3 is 1.24 bits per heavy atom. The molecule has 1 unspecified atom stereocenters. The Morgan fingerprint density at radius 2 is 0.778 bits per heavy atom. The minimum Gasteiger partial charge on any atom is -0.456 e. The van der Waals surface area contributed by atoms with Crippen molar-refractivity contribution in [2.24, 2.45) is 0 Å². The molecule has 0 N–H and O–H groups in total. The molecule has 10 aromatic rings. The fraction of sp³-hybridized carbons (Fsp3) is 0.0370. The molecule has 0 bridgehead atoms. The van der Waals surface area contributed by atoms with Crippen LogP contribution >= 0.6 is 0 Å². The number of furan rings is 1. The number of rotatable bonds is 8. The molecule has 300 valence electrons. The van der Waals surface area contributed by atoms with E-state index in [4.69, 9.17) is 34.3 Å². The standard InChI is InChI=1S/C54H34F2N6O/c55-43-25-19-39(20-26-43)53-59-49(35-7-3-1-4-8-35)57-51(61-53)37-15-11-33(12-16-37)41-23-29-47-45(31-41)46-32-42(24-30-48(46)63-47)34-13-17-38(18-14-34)52-58-50(36-9-5-2-6-10-36)60-54(62-52)40-21-27-44(56)28-22-40/h1-31,42H,32H2. The zero-order valence-electron chi connectivity index (χ0n) is 33.5. The van der Waals surface area contributed by atoms with Crippen LogP contribution in [0.25, 0.3) is 96.5 Å². The topological polar surface area (TPSA) is 90.5 Å². The van der Waals surface area contributed by atoms with Crippen molar-refractivity contribution in [2.45, 2.75) is 12.3 Å². The van der Waals surface area contributed by atoms with Gasteiger partial charge in [0.15, 0.2) is 34.9 Å². The second-order valence-electron chi connectivity index (χ2n) is 15.4.